The van der Waals surface area contributed by atoms with Crippen LogP contribution in [0.4, 0.5) is 8.78 Å². The molecule has 2 nitrogen and oxygen atoms in total. The van der Waals surface area contributed by atoms with Gasteiger partial charge in [-0.1, -0.05) is 18.2 Å². The van der Waals surface area contributed by atoms with E-state index >= 15 is 0 Å². The zero-order valence-corrected chi connectivity index (χ0v) is 9.95. The number of alkyl halides is 2. The molecule has 0 saturated heterocycles. The highest BCUT2D eigenvalue weighted by atomic mass is 19.3. The molecule has 1 aromatic heterocycles. The van der Waals surface area contributed by atoms with Crippen molar-refractivity contribution in [3.8, 4) is 0 Å². The van der Waals surface area contributed by atoms with Crippen LogP contribution < -0.4 is 5.73 Å². The van der Waals surface area contributed by atoms with Gasteiger partial charge in [0.2, 0.25) is 0 Å². The molecule has 1 heterocycles. The second-order valence-electron chi connectivity index (χ2n) is 4.74. The lowest BCUT2D eigenvalue weighted by Crippen LogP contribution is -2.46. The fraction of sp³-hybridized carbons (Fsp3) is 0.385. The summed E-state index contributed by atoms with van der Waals surface area (Å²) in [6, 6.07) is 9.72. The smallest absolute Gasteiger partial charge is 0.256 e. The molecule has 1 unspecified atom stereocenters. The van der Waals surface area contributed by atoms with Gasteiger partial charge in [-0.05, 0) is 24.4 Å². The molecule has 0 bridgehead atoms. The van der Waals surface area contributed by atoms with E-state index in [0.717, 1.165) is 16.6 Å². The summed E-state index contributed by atoms with van der Waals surface area (Å²) in [5.41, 5.74) is 6.00. The number of fused-ring (bicyclic) bond motifs is 1. The van der Waals surface area contributed by atoms with Crippen LogP contribution in [-0.4, -0.2) is 16.5 Å². The molecule has 1 aromatic carbocycles. The summed E-state index contributed by atoms with van der Waals surface area (Å²) in [6.07, 6.45) is -2.36. The van der Waals surface area contributed by atoms with Crippen molar-refractivity contribution in [3.63, 3.8) is 0 Å². The van der Waals surface area contributed by atoms with Crippen LogP contribution in [-0.2, 0) is 13.5 Å². The van der Waals surface area contributed by atoms with Gasteiger partial charge < -0.3 is 10.3 Å². The predicted octanol–water partition coefficient (Wildman–Crippen LogP) is 2.70. The molecule has 0 fully saturated rings. The van der Waals surface area contributed by atoms with Crippen LogP contribution in [0.15, 0.2) is 30.3 Å². The highest BCUT2D eigenvalue weighted by Crippen LogP contribution is 2.23. The van der Waals surface area contributed by atoms with Crippen molar-refractivity contribution in [1.29, 1.82) is 0 Å². The minimum atomic E-state index is -2.53. The monoisotopic (exact) mass is 238 g/mol. The molecule has 0 radical (unpaired) electrons. The van der Waals surface area contributed by atoms with Crippen molar-refractivity contribution in [1.82, 2.24) is 4.57 Å². The summed E-state index contributed by atoms with van der Waals surface area (Å²) in [7, 11) is 1.87. The number of hydrogen-bond acceptors (Lipinski definition) is 1. The van der Waals surface area contributed by atoms with E-state index < -0.39 is 12.0 Å². The van der Waals surface area contributed by atoms with E-state index in [1.54, 1.807) is 0 Å². The van der Waals surface area contributed by atoms with Crippen molar-refractivity contribution >= 4 is 10.9 Å². The molecule has 17 heavy (non-hydrogen) atoms. The number of aromatic nitrogens is 1. The minimum Gasteiger partial charge on any atom is -0.348 e. The number of halogens is 2. The zero-order valence-electron chi connectivity index (χ0n) is 9.95. The zero-order chi connectivity index (χ0) is 12.6. The van der Waals surface area contributed by atoms with Crippen molar-refractivity contribution in [3.05, 3.63) is 36.0 Å². The maximum absolute atomic E-state index is 12.8. The van der Waals surface area contributed by atoms with Crippen molar-refractivity contribution < 1.29 is 8.78 Å². The number of aryl methyl sites for hydroxylation is 1. The number of hydrogen-bond donors (Lipinski definition) is 1. The van der Waals surface area contributed by atoms with E-state index in [0.29, 0.717) is 0 Å². The predicted molar refractivity (Wildman–Crippen MR) is 65.2 cm³/mol. The lowest BCUT2D eigenvalue weighted by Gasteiger charge is -2.23. The SMILES string of the molecule is Cn1c(CC(C)(N)C(F)F)cc2ccccc21. The molecule has 1 atom stereocenters. The van der Waals surface area contributed by atoms with Crippen LogP contribution in [0.1, 0.15) is 12.6 Å². The molecule has 0 saturated carbocycles. The Morgan fingerprint density at radius 1 is 1.35 bits per heavy atom. The average Bonchev–Trinajstić information content (AvgIpc) is 2.56. The van der Waals surface area contributed by atoms with E-state index in [2.05, 4.69) is 0 Å². The summed E-state index contributed by atoms with van der Waals surface area (Å²) in [6.45, 7) is 1.38. The third kappa shape index (κ3) is 2.17. The summed E-state index contributed by atoms with van der Waals surface area (Å²) < 4.78 is 27.4. The van der Waals surface area contributed by atoms with Crippen LogP contribution in [0.25, 0.3) is 10.9 Å². The first kappa shape index (κ1) is 12.0. The molecule has 0 spiro atoms. The van der Waals surface area contributed by atoms with Gasteiger partial charge in [-0.2, -0.15) is 0 Å². The van der Waals surface area contributed by atoms with Gasteiger partial charge in [-0.15, -0.1) is 0 Å². The summed E-state index contributed by atoms with van der Waals surface area (Å²) in [5, 5.41) is 1.05. The third-order valence-electron chi connectivity index (χ3n) is 3.11. The van der Waals surface area contributed by atoms with E-state index in [1.807, 2.05) is 41.9 Å². The molecule has 0 aliphatic carbocycles. The van der Waals surface area contributed by atoms with Crippen molar-refractivity contribution in [2.75, 3.05) is 0 Å². The number of nitrogens with zero attached hydrogens (tertiary/aromatic N) is 1. The van der Waals surface area contributed by atoms with Crippen LogP contribution >= 0.6 is 0 Å². The first-order chi connectivity index (χ1) is 7.92. The van der Waals surface area contributed by atoms with Gasteiger partial charge in [-0.3, -0.25) is 0 Å². The fourth-order valence-electron chi connectivity index (χ4n) is 1.98. The first-order valence-corrected chi connectivity index (χ1v) is 5.52. The Labute approximate surface area is 99.0 Å². The Morgan fingerprint density at radius 2 is 2.00 bits per heavy atom. The molecular formula is C13H16F2N2. The molecule has 2 N–H and O–H groups in total. The van der Waals surface area contributed by atoms with E-state index in [9.17, 15) is 8.78 Å². The topological polar surface area (TPSA) is 30.9 Å². The van der Waals surface area contributed by atoms with Crippen molar-refractivity contribution in [2.24, 2.45) is 12.8 Å². The van der Waals surface area contributed by atoms with Crippen LogP contribution in [0.2, 0.25) is 0 Å². The Balaban J connectivity index is 2.40. The van der Waals surface area contributed by atoms with Gasteiger partial charge in [0.25, 0.3) is 6.43 Å². The molecular weight excluding hydrogens is 222 g/mol. The molecule has 0 aliphatic heterocycles. The maximum atomic E-state index is 12.8. The number of nitrogens with two attached hydrogens (primary N) is 1. The number of para-hydroxylation sites is 1. The Hall–Kier alpha value is -1.42. The standard InChI is InChI=1S/C13H16F2N2/c1-13(16,12(14)15)8-10-7-9-5-3-4-6-11(9)17(10)2/h3-7,12H,8,16H2,1-2H3. The highest BCUT2D eigenvalue weighted by molar-refractivity contribution is 5.81. The minimum absolute atomic E-state index is 0.163. The number of rotatable bonds is 3. The quantitative estimate of drug-likeness (QED) is 0.875. The molecule has 92 valence electrons. The molecule has 4 heteroatoms. The maximum Gasteiger partial charge on any atom is 0.256 e. The summed E-state index contributed by atoms with van der Waals surface area (Å²) >= 11 is 0. The first-order valence-electron chi connectivity index (χ1n) is 5.52. The van der Waals surface area contributed by atoms with Crippen molar-refractivity contribution in [2.45, 2.75) is 25.3 Å². The third-order valence-corrected chi connectivity index (χ3v) is 3.11. The second kappa shape index (κ2) is 4.11. The second-order valence-corrected chi connectivity index (χ2v) is 4.74. The lowest BCUT2D eigenvalue weighted by molar-refractivity contribution is 0.0631. The van der Waals surface area contributed by atoms with Gasteiger partial charge >= 0.3 is 0 Å². The fourth-order valence-corrected chi connectivity index (χ4v) is 1.98. The summed E-state index contributed by atoms with van der Waals surface area (Å²) in [4.78, 5) is 0. The molecule has 2 aromatic rings. The van der Waals surface area contributed by atoms with Gasteiger partial charge in [0, 0.05) is 24.7 Å². The van der Waals surface area contributed by atoms with Crippen LogP contribution in [0, 0.1) is 0 Å². The van der Waals surface area contributed by atoms with E-state index in [1.165, 1.54) is 6.92 Å². The van der Waals surface area contributed by atoms with Crippen LogP contribution in [0.3, 0.4) is 0 Å². The number of benzene rings is 1. The Bertz CT molecular complexity index is 529. The van der Waals surface area contributed by atoms with Crippen LogP contribution in [0.5, 0.6) is 0 Å². The van der Waals surface area contributed by atoms with Gasteiger partial charge in [-0.25, -0.2) is 8.78 Å². The molecule has 0 aliphatic rings. The Morgan fingerprint density at radius 3 is 2.59 bits per heavy atom. The van der Waals surface area contributed by atoms with Gasteiger partial charge in [0.1, 0.15) is 0 Å². The van der Waals surface area contributed by atoms with E-state index in [4.69, 9.17) is 5.73 Å². The average molecular weight is 238 g/mol. The normalized spacial score (nSPS) is 15.4. The van der Waals surface area contributed by atoms with E-state index in [-0.39, 0.29) is 6.42 Å². The largest absolute Gasteiger partial charge is 0.348 e. The summed E-state index contributed by atoms with van der Waals surface area (Å²) in [5.74, 6) is 0. The van der Waals surface area contributed by atoms with Gasteiger partial charge in [0.15, 0.2) is 0 Å². The molecule has 0 amide bonds. The Kier molecular flexibility index (Phi) is 2.91. The van der Waals surface area contributed by atoms with Gasteiger partial charge in [0.05, 0.1) is 5.54 Å². The molecule has 2 rings (SSSR count). The lowest BCUT2D eigenvalue weighted by atomic mass is 9.98. The highest BCUT2D eigenvalue weighted by Gasteiger charge is 2.31.